The molecule has 1 rings (SSSR count). The highest BCUT2D eigenvalue weighted by atomic mass is 16.2. The largest absolute Gasteiger partial charge is 0.320 e. The number of anilines is 1. The Morgan fingerprint density at radius 1 is 1.29 bits per heavy atom. The quantitative estimate of drug-likeness (QED) is 0.850. The third-order valence-electron chi connectivity index (χ3n) is 2.69. The maximum absolute atomic E-state index is 12.2. The fourth-order valence-corrected chi connectivity index (χ4v) is 1.88. The molecule has 0 aliphatic carbocycles. The Morgan fingerprint density at radius 3 is 2.35 bits per heavy atom. The molecule has 3 heteroatoms. The van der Waals surface area contributed by atoms with Crippen LogP contribution in [0, 0.1) is 5.92 Å². The minimum absolute atomic E-state index is 0.00685. The predicted octanol–water partition coefficient (Wildman–Crippen LogP) is 2.41. The molecule has 0 aliphatic heterocycles. The van der Waals surface area contributed by atoms with E-state index in [0.29, 0.717) is 12.5 Å². The molecule has 0 aliphatic rings. The minimum atomic E-state index is -0.407. The molecule has 94 valence electrons. The average Bonchev–Trinajstić information content (AvgIpc) is 2.30. The second-order valence-electron chi connectivity index (χ2n) is 4.65. The highest BCUT2D eigenvalue weighted by molar-refractivity contribution is 5.96. The lowest BCUT2D eigenvalue weighted by Crippen LogP contribution is -2.44. The number of para-hydroxylation sites is 1. The molecule has 0 spiro atoms. The van der Waals surface area contributed by atoms with Crippen molar-refractivity contribution >= 4 is 11.6 Å². The first kappa shape index (κ1) is 13.7. The van der Waals surface area contributed by atoms with Crippen LogP contribution in [0.25, 0.3) is 0 Å². The van der Waals surface area contributed by atoms with E-state index in [4.69, 9.17) is 5.73 Å². The van der Waals surface area contributed by atoms with Crippen molar-refractivity contribution in [1.29, 1.82) is 0 Å². The van der Waals surface area contributed by atoms with Gasteiger partial charge in [-0.25, -0.2) is 0 Å². The van der Waals surface area contributed by atoms with E-state index in [0.717, 1.165) is 12.1 Å². The number of likely N-dealkylation sites (N-methyl/N-ethyl adjacent to an activating group) is 1. The van der Waals surface area contributed by atoms with Gasteiger partial charge < -0.3 is 10.6 Å². The molecule has 3 nitrogen and oxygen atoms in total. The van der Waals surface area contributed by atoms with E-state index < -0.39 is 6.04 Å². The lowest BCUT2D eigenvalue weighted by atomic mass is 10.0. The van der Waals surface area contributed by atoms with Crippen LogP contribution in [0.1, 0.15) is 27.2 Å². The number of rotatable bonds is 5. The van der Waals surface area contributed by atoms with Crippen molar-refractivity contribution in [2.75, 3.05) is 11.4 Å². The zero-order valence-corrected chi connectivity index (χ0v) is 10.9. The molecule has 0 saturated carbocycles. The van der Waals surface area contributed by atoms with Gasteiger partial charge in [-0.3, -0.25) is 4.79 Å². The smallest absolute Gasteiger partial charge is 0.243 e. The van der Waals surface area contributed by atoms with Gasteiger partial charge in [0.1, 0.15) is 0 Å². The maximum atomic E-state index is 12.2. The van der Waals surface area contributed by atoms with Crippen molar-refractivity contribution in [3.05, 3.63) is 30.3 Å². The van der Waals surface area contributed by atoms with Gasteiger partial charge in [-0.05, 0) is 31.4 Å². The van der Waals surface area contributed by atoms with E-state index in [1.165, 1.54) is 0 Å². The lowest BCUT2D eigenvalue weighted by Gasteiger charge is -2.25. The van der Waals surface area contributed by atoms with Crippen LogP contribution in [0.5, 0.6) is 0 Å². The highest BCUT2D eigenvalue weighted by Crippen LogP contribution is 2.15. The fourth-order valence-electron chi connectivity index (χ4n) is 1.88. The Bertz CT molecular complexity index is 348. The van der Waals surface area contributed by atoms with Crippen molar-refractivity contribution in [1.82, 2.24) is 0 Å². The third-order valence-corrected chi connectivity index (χ3v) is 2.69. The summed E-state index contributed by atoms with van der Waals surface area (Å²) in [6.45, 7) is 6.76. The number of benzene rings is 1. The molecular weight excluding hydrogens is 212 g/mol. The molecule has 0 radical (unpaired) electrons. The van der Waals surface area contributed by atoms with E-state index in [2.05, 4.69) is 13.8 Å². The van der Waals surface area contributed by atoms with Crippen LogP contribution in [-0.2, 0) is 4.79 Å². The second kappa shape index (κ2) is 6.40. The minimum Gasteiger partial charge on any atom is -0.320 e. The van der Waals surface area contributed by atoms with Gasteiger partial charge in [-0.1, -0.05) is 32.0 Å². The summed E-state index contributed by atoms with van der Waals surface area (Å²) in [5, 5.41) is 0. The Morgan fingerprint density at radius 2 is 1.88 bits per heavy atom. The number of carbonyl (C=O) groups is 1. The fraction of sp³-hybridized carbons (Fsp3) is 0.500. The molecule has 0 saturated heterocycles. The normalized spacial score (nSPS) is 12.5. The van der Waals surface area contributed by atoms with Crippen molar-refractivity contribution in [2.45, 2.75) is 33.2 Å². The van der Waals surface area contributed by atoms with Gasteiger partial charge in [-0.2, -0.15) is 0 Å². The van der Waals surface area contributed by atoms with E-state index in [-0.39, 0.29) is 5.91 Å². The van der Waals surface area contributed by atoms with Crippen LogP contribution in [0.4, 0.5) is 5.69 Å². The number of hydrogen-bond donors (Lipinski definition) is 1. The van der Waals surface area contributed by atoms with Crippen molar-refractivity contribution in [2.24, 2.45) is 11.7 Å². The van der Waals surface area contributed by atoms with E-state index >= 15 is 0 Å². The van der Waals surface area contributed by atoms with Crippen LogP contribution in [0.15, 0.2) is 30.3 Å². The summed E-state index contributed by atoms with van der Waals surface area (Å²) in [4.78, 5) is 14.0. The Hall–Kier alpha value is -1.35. The highest BCUT2D eigenvalue weighted by Gasteiger charge is 2.21. The molecule has 1 aromatic rings. The van der Waals surface area contributed by atoms with Gasteiger partial charge in [0.25, 0.3) is 0 Å². The summed E-state index contributed by atoms with van der Waals surface area (Å²) >= 11 is 0. The molecule has 0 heterocycles. The number of nitrogens with zero attached hydrogens (tertiary/aromatic N) is 1. The zero-order chi connectivity index (χ0) is 12.8. The molecule has 17 heavy (non-hydrogen) atoms. The van der Waals surface area contributed by atoms with E-state index in [9.17, 15) is 4.79 Å². The van der Waals surface area contributed by atoms with Gasteiger partial charge >= 0.3 is 0 Å². The second-order valence-corrected chi connectivity index (χ2v) is 4.65. The Kier molecular flexibility index (Phi) is 5.16. The molecule has 1 amide bonds. The molecule has 0 bridgehead atoms. The summed E-state index contributed by atoms with van der Waals surface area (Å²) in [6, 6.07) is 9.26. The number of hydrogen-bond acceptors (Lipinski definition) is 2. The first-order valence-corrected chi connectivity index (χ1v) is 6.18. The van der Waals surface area contributed by atoms with Gasteiger partial charge in [0, 0.05) is 12.2 Å². The summed E-state index contributed by atoms with van der Waals surface area (Å²) < 4.78 is 0. The Balaban J connectivity index is 2.78. The number of carbonyl (C=O) groups excluding carboxylic acids is 1. The van der Waals surface area contributed by atoms with Crippen LogP contribution in [-0.4, -0.2) is 18.5 Å². The third kappa shape index (κ3) is 3.86. The molecular formula is C14H22N2O. The molecule has 2 N–H and O–H groups in total. The first-order valence-electron chi connectivity index (χ1n) is 6.18. The summed E-state index contributed by atoms with van der Waals surface area (Å²) in [5.74, 6) is 0.441. The molecule has 1 atom stereocenters. The van der Waals surface area contributed by atoms with Crippen LogP contribution < -0.4 is 10.6 Å². The van der Waals surface area contributed by atoms with Gasteiger partial charge in [0.05, 0.1) is 6.04 Å². The predicted molar refractivity (Wildman–Crippen MR) is 71.9 cm³/mol. The molecule has 0 aromatic heterocycles. The number of amides is 1. The summed E-state index contributed by atoms with van der Waals surface area (Å²) in [5.41, 5.74) is 6.86. The van der Waals surface area contributed by atoms with E-state index in [1.807, 2.05) is 37.3 Å². The summed E-state index contributed by atoms with van der Waals surface area (Å²) in [7, 11) is 0. The van der Waals surface area contributed by atoms with Crippen LogP contribution in [0.2, 0.25) is 0 Å². The van der Waals surface area contributed by atoms with Crippen LogP contribution in [0.3, 0.4) is 0 Å². The van der Waals surface area contributed by atoms with Crippen molar-refractivity contribution in [3.8, 4) is 0 Å². The van der Waals surface area contributed by atoms with Crippen molar-refractivity contribution in [3.63, 3.8) is 0 Å². The van der Waals surface area contributed by atoms with E-state index in [1.54, 1.807) is 4.90 Å². The molecule has 0 fully saturated rings. The maximum Gasteiger partial charge on any atom is 0.243 e. The van der Waals surface area contributed by atoms with Gasteiger partial charge in [0.15, 0.2) is 0 Å². The first-order chi connectivity index (χ1) is 8.06. The molecule has 1 aromatic carbocycles. The zero-order valence-electron chi connectivity index (χ0n) is 10.9. The van der Waals surface area contributed by atoms with Gasteiger partial charge in [-0.15, -0.1) is 0 Å². The van der Waals surface area contributed by atoms with Crippen molar-refractivity contribution < 1.29 is 4.79 Å². The van der Waals surface area contributed by atoms with Crippen LogP contribution >= 0.6 is 0 Å². The van der Waals surface area contributed by atoms with Gasteiger partial charge in [0.2, 0.25) is 5.91 Å². The Labute approximate surface area is 104 Å². The SMILES string of the molecule is CCN(C(=O)[C@H](N)CC(C)C)c1ccccc1. The monoisotopic (exact) mass is 234 g/mol. The standard InChI is InChI=1S/C14H22N2O/c1-4-16(12-8-6-5-7-9-12)14(17)13(15)10-11(2)3/h5-9,11,13H,4,10,15H2,1-3H3/t13-/m1/s1. The summed E-state index contributed by atoms with van der Waals surface area (Å²) in [6.07, 6.45) is 0.724. The average molecular weight is 234 g/mol. The molecule has 0 unspecified atom stereocenters. The topological polar surface area (TPSA) is 46.3 Å². The number of nitrogens with two attached hydrogens (primary N) is 1. The lowest BCUT2D eigenvalue weighted by molar-refractivity contribution is -0.120.